The summed E-state index contributed by atoms with van der Waals surface area (Å²) in [5.41, 5.74) is 2.93. The van der Waals surface area contributed by atoms with Gasteiger partial charge >= 0.3 is 0 Å². The summed E-state index contributed by atoms with van der Waals surface area (Å²) < 4.78 is 0. The number of allylic oxidation sites excluding steroid dienone is 1. The lowest BCUT2D eigenvalue weighted by molar-refractivity contribution is -0.00000681. The first-order valence-corrected chi connectivity index (χ1v) is 14.4. The molecule has 1 aromatic carbocycles. The van der Waals surface area contributed by atoms with Crippen molar-refractivity contribution in [3.05, 3.63) is 41.5 Å². The molecular weight excluding hydrogens is 435 g/mol. The largest absolute Gasteiger partial charge is 1.00 e. The van der Waals surface area contributed by atoms with Crippen LogP contribution >= 0.6 is 7.26 Å². The summed E-state index contributed by atoms with van der Waals surface area (Å²) in [4.78, 5) is 0. The Kier molecular flexibility index (Phi) is 15.6. The first-order chi connectivity index (χ1) is 13.3. The molecule has 0 radical (unpaired) electrons. The number of unbranched alkanes of at least 4 members (excludes halogenated alkanes) is 4. The van der Waals surface area contributed by atoms with Gasteiger partial charge in [0.2, 0.25) is 0 Å². The predicted molar refractivity (Wildman–Crippen MR) is 134 cm³/mol. The fourth-order valence-corrected chi connectivity index (χ4v) is 11.2. The van der Waals surface area contributed by atoms with Crippen molar-refractivity contribution >= 4 is 13.3 Å². The molecule has 0 aliphatic heterocycles. The maximum atomic E-state index is 2.42. The van der Waals surface area contributed by atoms with Crippen molar-refractivity contribution in [3.63, 3.8) is 0 Å². The number of halogens is 1. The third-order valence-corrected chi connectivity index (χ3v) is 10.8. The second kappa shape index (κ2) is 15.6. The summed E-state index contributed by atoms with van der Waals surface area (Å²) in [7, 11) is -0.957. The molecule has 0 saturated heterocycles. The zero-order valence-corrected chi connectivity index (χ0v) is 22.9. The molecule has 0 amide bonds. The van der Waals surface area contributed by atoms with Gasteiger partial charge in [0.1, 0.15) is 0 Å². The normalized spacial score (nSPS) is 12.3. The molecule has 0 aliphatic rings. The van der Waals surface area contributed by atoms with Crippen LogP contribution in [0.3, 0.4) is 0 Å². The second-order valence-electron chi connectivity index (χ2n) is 10.2. The van der Waals surface area contributed by atoms with Crippen molar-refractivity contribution in [1.29, 1.82) is 0 Å². The Labute approximate surface area is 194 Å². The van der Waals surface area contributed by atoms with E-state index in [0.29, 0.717) is 0 Å². The van der Waals surface area contributed by atoms with E-state index in [1.54, 1.807) is 5.56 Å². The standard InChI is InChI=1S/C27H48P.BrH/c1-8-9-10-11-12-13-14-26-15-17-27(18-16-26)22-28(19-23(2)3,20-24(4)5)21-25(6)7;/h13-18,23-25H,8-12,19-22H2,1-7H3;1H/q+1;/p-1/b14-13-;. The van der Waals surface area contributed by atoms with Gasteiger partial charge in [-0.3, -0.25) is 0 Å². The zero-order chi connectivity index (χ0) is 21.0. The summed E-state index contributed by atoms with van der Waals surface area (Å²) in [5, 5.41) is 0. The van der Waals surface area contributed by atoms with Crippen molar-refractivity contribution in [2.75, 3.05) is 18.5 Å². The molecule has 0 aromatic heterocycles. The van der Waals surface area contributed by atoms with Gasteiger partial charge in [0.15, 0.2) is 0 Å². The third kappa shape index (κ3) is 13.0. The molecule has 0 spiro atoms. The van der Waals surface area contributed by atoms with Gasteiger partial charge in [-0.15, -0.1) is 0 Å². The molecule has 1 rings (SSSR count). The molecule has 0 atom stereocenters. The molecular formula is C27H48BrP. The van der Waals surface area contributed by atoms with Crippen molar-refractivity contribution in [2.24, 2.45) is 17.8 Å². The fraction of sp³-hybridized carbons (Fsp3) is 0.704. The quantitative estimate of drug-likeness (QED) is 0.220. The SMILES string of the molecule is CCCCCC/C=C\c1ccc(C[P+](CC(C)C)(CC(C)C)CC(C)C)cc1.[Br-]. The molecule has 1 aromatic rings. The average Bonchev–Trinajstić information content (AvgIpc) is 2.57. The summed E-state index contributed by atoms with van der Waals surface area (Å²) in [6.07, 6.45) is 17.0. The molecule has 0 unspecified atom stereocenters. The predicted octanol–water partition coefficient (Wildman–Crippen LogP) is 6.16. The van der Waals surface area contributed by atoms with E-state index in [1.807, 2.05) is 0 Å². The smallest absolute Gasteiger partial charge is 0.0843 e. The highest BCUT2D eigenvalue weighted by Gasteiger charge is 2.39. The third-order valence-electron chi connectivity index (χ3n) is 5.29. The van der Waals surface area contributed by atoms with Crippen LogP contribution in [0.4, 0.5) is 0 Å². The van der Waals surface area contributed by atoms with Crippen LogP contribution in [0.2, 0.25) is 0 Å². The maximum absolute atomic E-state index is 2.42. The Morgan fingerprint density at radius 2 is 1.28 bits per heavy atom. The lowest BCUT2D eigenvalue weighted by atomic mass is 10.1. The lowest BCUT2D eigenvalue weighted by Gasteiger charge is -2.32. The van der Waals surface area contributed by atoms with Crippen LogP contribution in [0.1, 0.15) is 91.7 Å². The molecule has 0 bridgehead atoms. The van der Waals surface area contributed by atoms with E-state index in [4.69, 9.17) is 0 Å². The number of benzene rings is 1. The van der Waals surface area contributed by atoms with Crippen LogP contribution in [0.5, 0.6) is 0 Å². The van der Waals surface area contributed by atoms with E-state index in [-0.39, 0.29) is 17.0 Å². The molecule has 0 nitrogen and oxygen atoms in total. The van der Waals surface area contributed by atoms with Gasteiger partial charge in [-0.25, -0.2) is 0 Å². The van der Waals surface area contributed by atoms with Crippen molar-refractivity contribution < 1.29 is 17.0 Å². The van der Waals surface area contributed by atoms with E-state index in [1.165, 1.54) is 62.3 Å². The van der Waals surface area contributed by atoms with Crippen molar-refractivity contribution in [3.8, 4) is 0 Å². The highest BCUT2D eigenvalue weighted by molar-refractivity contribution is 7.75. The van der Waals surface area contributed by atoms with E-state index in [9.17, 15) is 0 Å². The monoisotopic (exact) mass is 482 g/mol. The van der Waals surface area contributed by atoms with Crippen molar-refractivity contribution in [1.82, 2.24) is 0 Å². The van der Waals surface area contributed by atoms with Crippen LogP contribution in [-0.4, -0.2) is 18.5 Å². The number of hydrogen-bond donors (Lipinski definition) is 0. The van der Waals surface area contributed by atoms with Gasteiger partial charge in [-0.2, -0.15) is 0 Å². The second-order valence-corrected chi connectivity index (χ2v) is 14.3. The Balaban J connectivity index is 0.00000784. The summed E-state index contributed by atoms with van der Waals surface area (Å²) in [6, 6.07) is 9.50. The molecule has 0 heterocycles. The number of rotatable bonds is 14. The minimum atomic E-state index is -0.957. The van der Waals surface area contributed by atoms with E-state index in [2.05, 4.69) is 84.9 Å². The molecule has 0 fully saturated rings. The van der Waals surface area contributed by atoms with Gasteiger partial charge < -0.3 is 17.0 Å². The van der Waals surface area contributed by atoms with Gasteiger partial charge in [0.25, 0.3) is 0 Å². The van der Waals surface area contributed by atoms with Gasteiger partial charge in [0.05, 0.1) is 24.6 Å². The molecule has 0 aliphatic carbocycles. The Morgan fingerprint density at radius 3 is 1.72 bits per heavy atom. The molecule has 0 N–H and O–H groups in total. The van der Waals surface area contributed by atoms with Crippen LogP contribution in [0, 0.1) is 17.8 Å². The molecule has 2 heteroatoms. The molecule has 29 heavy (non-hydrogen) atoms. The summed E-state index contributed by atoms with van der Waals surface area (Å²) in [6.45, 7) is 16.8. The highest BCUT2D eigenvalue weighted by Crippen LogP contribution is 2.64. The Morgan fingerprint density at radius 1 is 0.759 bits per heavy atom. The van der Waals surface area contributed by atoms with E-state index < -0.39 is 7.26 Å². The first kappa shape index (κ1) is 28.9. The van der Waals surface area contributed by atoms with Crippen LogP contribution < -0.4 is 17.0 Å². The van der Waals surface area contributed by atoms with Crippen LogP contribution in [0.15, 0.2) is 30.3 Å². The number of hydrogen-bond acceptors (Lipinski definition) is 0. The van der Waals surface area contributed by atoms with Crippen molar-refractivity contribution in [2.45, 2.75) is 86.7 Å². The Hall–Kier alpha value is -0.130. The molecule has 0 saturated carbocycles. The minimum absolute atomic E-state index is 0. The minimum Gasteiger partial charge on any atom is -1.00 e. The van der Waals surface area contributed by atoms with Gasteiger partial charge in [0, 0.05) is 7.26 Å². The maximum Gasteiger partial charge on any atom is 0.0843 e. The van der Waals surface area contributed by atoms with Gasteiger partial charge in [-0.1, -0.05) is 104 Å². The summed E-state index contributed by atoms with van der Waals surface area (Å²) >= 11 is 0. The fourth-order valence-electron chi connectivity index (χ4n) is 4.77. The van der Waals surface area contributed by atoms with E-state index >= 15 is 0 Å². The lowest BCUT2D eigenvalue weighted by Crippen LogP contribution is -3.00. The zero-order valence-electron chi connectivity index (χ0n) is 20.4. The van der Waals surface area contributed by atoms with Gasteiger partial charge in [-0.05, 0) is 41.7 Å². The topological polar surface area (TPSA) is 0 Å². The van der Waals surface area contributed by atoms with Crippen LogP contribution in [0.25, 0.3) is 6.08 Å². The van der Waals surface area contributed by atoms with Crippen LogP contribution in [-0.2, 0) is 6.16 Å². The molecule has 168 valence electrons. The Bertz CT molecular complexity index is 516. The van der Waals surface area contributed by atoms with E-state index in [0.717, 1.165) is 17.8 Å². The first-order valence-electron chi connectivity index (χ1n) is 11.9. The highest BCUT2D eigenvalue weighted by atomic mass is 79.9. The average molecular weight is 484 g/mol. The summed E-state index contributed by atoms with van der Waals surface area (Å²) in [5.74, 6) is 2.42.